The fourth-order valence-corrected chi connectivity index (χ4v) is 2.59. The molecule has 110 valence electrons. The SMILES string of the molecule is CCCOc1c(-c2ccccc2)cccc1-c1ccccc1. The summed E-state index contributed by atoms with van der Waals surface area (Å²) in [7, 11) is 0. The zero-order chi connectivity index (χ0) is 15.2. The molecule has 0 heterocycles. The molecule has 1 nitrogen and oxygen atoms in total. The molecule has 0 aliphatic carbocycles. The standard InChI is InChI=1S/C21H20O/c1-2-16-22-21-19(17-10-5-3-6-11-17)14-9-15-20(21)18-12-7-4-8-13-18/h3-15H,2,16H2,1H3. The van der Waals surface area contributed by atoms with Crippen molar-refractivity contribution >= 4 is 0 Å². The van der Waals surface area contributed by atoms with Gasteiger partial charge < -0.3 is 4.74 Å². The summed E-state index contributed by atoms with van der Waals surface area (Å²) in [4.78, 5) is 0. The number of rotatable bonds is 5. The maximum absolute atomic E-state index is 6.13. The monoisotopic (exact) mass is 288 g/mol. The molecule has 3 rings (SSSR count). The number of benzene rings is 3. The van der Waals surface area contributed by atoms with Crippen molar-refractivity contribution in [3.63, 3.8) is 0 Å². The molecule has 0 aliphatic rings. The summed E-state index contributed by atoms with van der Waals surface area (Å²) in [6, 6.07) is 27.2. The smallest absolute Gasteiger partial charge is 0.134 e. The van der Waals surface area contributed by atoms with Crippen LogP contribution >= 0.6 is 0 Å². The molecule has 0 fully saturated rings. The van der Waals surface area contributed by atoms with Gasteiger partial charge in [-0.05, 0) is 17.5 Å². The van der Waals surface area contributed by atoms with Gasteiger partial charge >= 0.3 is 0 Å². The summed E-state index contributed by atoms with van der Waals surface area (Å²) >= 11 is 0. The lowest BCUT2D eigenvalue weighted by molar-refractivity contribution is 0.320. The summed E-state index contributed by atoms with van der Waals surface area (Å²) < 4.78 is 6.13. The lowest BCUT2D eigenvalue weighted by Crippen LogP contribution is -1.99. The first kappa shape index (κ1) is 14.4. The van der Waals surface area contributed by atoms with Crippen LogP contribution in [-0.2, 0) is 0 Å². The van der Waals surface area contributed by atoms with Gasteiger partial charge in [-0.1, -0.05) is 85.8 Å². The molecule has 0 spiro atoms. The molecule has 22 heavy (non-hydrogen) atoms. The van der Waals surface area contributed by atoms with E-state index >= 15 is 0 Å². The molecule has 3 aromatic carbocycles. The van der Waals surface area contributed by atoms with Crippen LogP contribution in [0.1, 0.15) is 13.3 Å². The van der Waals surface area contributed by atoms with E-state index in [1.165, 1.54) is 11.1 Å². The van der Waals surface area contributed by atoms with Crippen molar-refractivity contribution in [2.24, 2.45) is 0 Å². The number of hydrogen-bond donors (Lipinski definition) is 0. The molecule has 1 heteroatoms. The van der Waals surface area contributed by atoms with Crippen LogP contribution in [0.4, 0.5) is 0 Å². The Labute approximate surface area is 132 Å². The van der Waals surface area contributed by atoms with Crippen LogP contribution in [-0.4, -0.2) is 6.61 Å². The maximum Gasteiger partial charge on any atom is 0.134 e. The molecule has 0 bridgehead atoms. The molecule has 0 aromatic heterocycles. The zero-order valence-corrected chi connectivity index (χ0v) is 12.8. The van der Waals surface area contributed by atoms with Gasteiger partial charge in [0.2, 0.25) is 0 Å². The normalized spacial score (nSPS) is 10.4. The molecular formula is C21H20O. The lowest BCUT2D eigenvalue weighted by atomic mass is 9.97. The summed E-state index contributed by atoms with van der Waals surface area (Å²) in [5.74, 6) is 0.974. The molecule has 0 saturated heterocycles. The Bertz CT molecular complexity index is 660. The topological polar surface area (TPSA) is 9.23 Å². The third-order valence-corrected chi connectivity index (χ3v) is 3.64. The van der Waals surface area contributed by atoms with Gasteiger partial charge in [0, 0.05) is 11.1 Å². The number of para-hydroxylation sites is 1. The van der Waals surface area contributed by atoms with Crippen LogP contribution in [0.2, 0.25) is 0 Å². The van der Waals surface area contributed by atoms with E-state index in [0.717, 1.165) is 29.9 Å². The van der Waals surface area contributed by atoms with Crippen molar-refractivity contribution < 1.29 is 4.74 Å². The van der Waals surface area contributed by atoms with Crippen LogP contribution in [0.5, 0.6) is 5.75 Å². The highest BCUT2D eigenvalue weighted by Crippen LogP contribution is 2.38. The number of hydrogen-bond acceptors (Lipinski definition) is 1. The minimum atomic E-state index is 0.726. The van der Waals surface area contributed by atoms with E-state index in [1.807, 2.05) is 12.1 Å². The van der Waals surface area contributed by atoms with E-state index in [2.05, 4.69) is 73.7 Å². The highest BCUT2D eigenvalue weighted by Gasteiger charge is 2.12. The van der Waals surface area contributed by atoms with Crippen LogP contribution in [0.3, 0.4) is 0 Å². The third-order valence-electron chi connectivity index (χ3n) is 3.64. The Morgan fingerprint density at radius 1 is 0.636 bits per heavy atom. The van der Waals surface area contributed by atoms with Crippen molar-refractivity contribution in [2.75, 3.05) is 6.61 Å². The highest BCUT2D eigenvalue weighted by atomic mass is 16.5. The summed E-state index contributed by atoms with van der Waals surface area (Å²) in [6.45, 7) is 2.86. The predicted molar refractivity (Wildman–Crippen MR) is 93.1 cm³/mol. The van der Waals surface area contributed by atoms with E-state index in [1.54, 1.807) is 0 Å². The van der Waals surface area contributed by atoms with Gasteiger partial charge in [0.1, 0.15) is 5.75 Å². The maximum atomic E-state index is 6.13. The van der Waals surface area contributed by atoms with Crippen molar-refractivity contribution in [1.29, 1.82) is 0 Å². The van der Waals surface area contributed by atoms with Crippen molar-refractivity contribution in [3.05, 3.63) is 78.9 Å². The summed E-state index contributed by atoms with van der Waals surface area (Å²) in [6.07, 6.45) is 0.997. The first-order valence-corrected chi connectivity index (χ1v) is 7.77. The Morgan fingerprint density at radius 2 is 1.14 bits per heavy atom. The Kier molecular flexibility index (Phi) is 4.55. The van der Waals surface area contributed by atoms with E-state index in [4.69, 9.17) is 4.74 Å². The molecule has 0 radical (unpaired) electrons. The highest BCUT2D eigenvalue weighted by molar-refractivity contribution is 5.82. The first-order chi connectivity index (χ1) is 10.9. The minimum absolute atomic E-state index is 0.726. The third kappa shape index (κ3) is 3.04. The molecule has 0 saturated carbocycles. The second kappa shape index (κ2) is 6.95. The van der Waals surface area contributed by atoms with Crippen molar-refractivity contribution in [2.45, 2.75) is 13.3 Å². The van der Waals surface area contributed by atoms with E-state index in [0.29, 0.717) is 0 Å². The summed E-state index contributed by atoms with van der Waals surface area (Å²) in [5.41, 5.74) is 4.67. The molecule has 0 N–H and O–H groups in total. The van der Waals surface area contributed by atoms with Crippen LogP contribution in [0.25, 0.3) is 22.3 Å². The van der Waals surface area contributed by atoms with Gasteiger partial charge in [-0.15, -0.1) is 0 Å². The van der Waals surface area contributed by atoms with Crippen LogP contribution < -0.4 is 4.74 Å². The second-order valence-corrected chi connectivity index (χ2v) is 5.26. The van der Waals surface area contributed by atoms with E-state index < -0.39 is 0 Å². The lowest BCUT2D eigenvalue weighted by Gasteiger charge is -2.16. The fraction of sp³-hybridized carbons (Fsp3) is 0.143. The van der Waals surface area contributed by atoms with Gasteiger partial charge in [0.05, 0.1) is 6.61 Å². The average Bonchev–Trinajstić information content (AvgIpc) is 2.61. The zero-order valence-electron chi connectivity index (χ0n) is 12.8. The van der Waals surface area contributed by atoms with E-state index in [-0.39, 0.29) is 0 Å². The average molecular weight is 288 g/mol. The van der Waals surface area contributed by atoms with Crippen molar-refractivity contribution in [3.8, 4) is 28.0 Å². The molecule has 3 aromatic rings. The van der Waals surface area contributed by atoms with Crippen LogP contribution in [0.15, 0.2) is 78.9 Å². The largest absolute Gasteiger partial charge is 0.492 e. The summed E-state index contributed by atoms with van der Waals surface area (Å²) in [5, 5.41) is 0. The molecule has 0 unspecified atom stereocenters. The van der Waals surface area contributed by atoms with Crippen LogP contribution in [0, 0.1) is 0 Å². The second-order valence-electron chi connectivity index (χ2n) is 5.26. The van der Waals surface area contributed by atoms with Gasteiger partial charge in [0.15, 0.2) is 0 Å². The predicted octanol–water partition coefficient (Wildman–Crippen LogP) is 5.81. The number of ether oxygens (including phenoxy) is 1. The molecule has 0 atom stereocenters. The Morgan fingerprint density at radius 3 is 1.59 bits per heavy atom. The molecule has 0 amide bonds. The van der Waals surface area contributed by atoms with Crippen molar-refractivity contribution in [1.82, 2.24) is 0 Å². The molecular weight excluding hydrogens is 268 g/mol. The Balaban J connectivity index is 2.14. The van der Waals surface area contributed by atoms with Gasteiger partial charge in [-0.3, -0.25) is 0 Å². The van der Waals surface area contributed by atoms with Gasteiger partial charge in [-0.25, -0.2) is 0 Å². The molecule has 0 aliphatic heterocycles. The fourth-order valence-electron chi connectivity index (χ4n) is 2.59. The first-order valence-electron chi connectivity index (χ1n) is 7.77. The minimum Gasteiger partial charge on any atom is -0.492 e. The van der Waals surface area contributed by atoms with Gasteiger partial charge in [0.25, 0.3) is 0 Å². The van der Waals surface area contributed by atoms with Gasteiger partial charge in [-0.2, -0.15) is 0 Å². The Hall–Kier alpha value is -2.54. The van der Waals surface area contributed by atoms with E-state index in [9.17, 15) is 0 Å². The quantitative estimate of drug-likeness (QED) is 0.575.